The number of hydrogen-bond donors (Lipinski definition) is 0. The number of ether oxygens (including phenoxy) is 3. The quantitative estimate of drug-likeness (QED) is 0.390. The second-order valence-corrected chi connectivity index (χ2v) is 8.12. The normalized spacial score (nSPS) is 13.8. The van der Waals surface area contributed by atoms with Gasteiger partial charge in [0.05, 0.1) is 11.1 Å². The molecule has 0 aliphatic carbocycles. The number of benzene rings is 3. The van der Waals surface area contributed by atoms with Crippen LogP contribution in [0.2, 0.25) is 0 Å². The lowest BCUT2D eigenvalue weighted by atomic mass is 10.0. The molecule has 0 N–H and O–H groups in total. The maximum Gasteiger partial charge on any atom is 0.344 e. The van der Waals surface area contributed by atoms with E-state index in [1.165, 1.54) is 0 Å². The molecule has 7 nitrogen and oxygen atoms in total. The van der Waals surface area contributed by atoms with Crippen LogP contribution in [0, 0.1) is 0 Å². The molecule has 0 aromatic heterocycles. The summed E-state index contributed by atoms with van der Waals surface area (Å²) in [5, 5.41) is 1.15. The molecule has 0 radical (unpaired) electrons. The summed E-state index contributed by atoms with van der Waals surface area (Å²) in [6, 6.07) is 19.5. The Morgan fingerprint density at radius 3 is 1.80 bits per heavy atom. The average molecular weight is 469 g/mol. The van der Waals surface area contributed by atoms with Crippen molar-refractivity contribution < 1.29 is 28.6 Å². The van der Waals surface area contributed by atoms with Crippen LogP contribution in [0.1, 0.15) is 25.0 Å². The van der Waals surface area contributed by atoms with Crippen LogP contribution in [0.4, 0.5) is 0 Å². The number of nitrogens with zero attached hydrogens (tertiary/aromatic N) is 1. The molecule has 0 saturated carbocycles. The van der Waals surface area contributed by atoms with E-state index in [1.54, 1.807) is 41.3 Å². The molecule has 2 aliphatic rings. The first kappa shape index (κ1) is 22.4. The minimum Gasteiger partial charge on any atom is -0.484 e. The van der Waals surface area contributed by atoms with Gasteiger partial charge in [0.15, 0.2) is 6.61 Å². The van der Waals surface area contributed by atoms with E-state index >= 15 is 0 Å². The van der Waals surface area contributed by atoms with Crippen molar-refractivity contribution in [2.24, 2.45) is 0 Å². The first-order chi connectivity index (χ1) is 17.0. The summed E-state index contributed by atoms with van der Waals surface area (Å²) in [6.45, 7) is 5.04. The Hall–Kier alpha value is -4.39. The predicted molar refractivity (Wildman–Crippen MR) is 128 cm³/mol. The summed E-state index contributed by atoms with van der Waals surface area (Å²) < 4.78 is 16.7. The van der Waals surface area contributed by atoms with Crippen molar-refractivity contribution in [3.05, 3.63) is 88.3 Å². The Balaban J connectivity index is 1.48. The Bertz CT molecular complexity index is 1450. The highest BCUT2D eigenvalue weighted by Crippen LogP contribution is 2.27. The monoisotopic (exact) mass is 469 g/mol. The highest BCUT2D eigenvalue weighted by molar-refractivity contribution is 6.21. The smallest absolute Gasteiger partial charge is 0.344 e. The van der Waals surface area contributed by atoms with Crippen LogP contribution in [-0.4, -0.2) is 42.4 Å². The first-order valence-electron chi connectivity index (χ1n) is 11.4. The molecule has 0 bridgehead atoms. The van der Waals surface area contributed by atoms with E-state index in [-0.39, 0.29) is 12.5 Å². The third kappa shape index (κ3) is 4.05. The molecule has 0 fully saturated rings. The van der Waals surface area contributed by atoms with Gasteiger partial charge < -0.3 is 19.1 Å². The Morgan fingerprint density at radius 1 is 0.771 bits per heavy atom. The van der Waals surface area contributed by atoms with Crippen LogP contribution >= 0.6 is 0 Å². The number of fused-ring (bicyclic) bond motifs is 2. The van der Waals surface area contributed by atoms with Gasteiger partial charge in [-0.15, -0.1) is 0 Å². The fourth-order valence-electron chi connectivity index (χ4n) is 4.32. The molecule has 3 aromatic rings. The van der Waals surface area contributed by atoms with Crippen molar-refractivity contribution in [1.29, 1.82) is 0 Å². The summed E-state index contributed by atoms with van der Waals surface area (Å²) in [6.07, 6.45) is 0. The first-order valence-corrected chi connectivity index (χ1v) is 11.4. The lowest BCUT2D eigenvalue weighted by Gasteiger charge is -2.18. The third-order valence-corrected chi connectivity index (χ3v) is 6.12. The average Bonchev–Trinajstić information content (AvgIpc) is 3.36. The standard InChI is InChI=1S/C28H23NO6/c1-3-29(4-2)24(30)16-33-19-12-10-18(11-13-19)26-21-15-22-20(14-23(21)35-28(26)32)25(27(31)34-22)17-8-6-5-7-9-17/h5-15H,3-4,16H2,1-2H3. The molecule has 35 heavy (non-hydrogen) atoms. The van der Waals surface area contributed by atoms with Gasteiger partial charge in [-0.05, 0) is 49.2 Å². The van der Waals surface area contributed by atoms with Gasteiger partial charge in [-0.1, -0.05) is 42.5 Å². The van der Waals surface area contributed by atoms with E-state index in [2.05, 4.69) is 0 Å². The molecule has 7 heteroatoms. The number of likely N-dealkylation sites (N-methyl/N-ethyl adjacent to an activating group) is 1. The summed E-state index contributed by atoms with van der Waals surface area (Å²) in [5.41, 5.74) is 2.18. The van der Waals surface area contributed by atoms with Crippen LogP contribution in [0.3, 0.4) is 0 Å². The fourth-order valence-corrected chi connectivity index (χ4v) is 4.32. The van der Waals surface area contributed by atoms with E-state index in [4.69, 9.17) is 14.2 Å². The minimum atomic E-state index is -0.485. The number of amides is 1. The Kier molecular flexibility index (Phi) is 5.82. The number of carbonyl (C=O) groups excluding carboxylic acids is 3. The van der Waals surface area contributed by atoms with Gasteiger partial charge in [0, 0.05) is 23.5 Å². The lowest BCUT2D eigenvalue weighted by molar-refractivity contribution is -0.133. The molecular weight excluding hydrogens is 446 g/mol. The maximum absolute atomic E-state index is 12.8. The summed E-state index contributed by atoms with van der Waals surface area (Å²) >= 11 is 0. The van der Waals surface area contributed by atoms with E-state index in [0.29, 0.717) is 57.5 Å². The molecule has 5 rings (SSSR count). The van der Waals surface area contributed by atoms with Gasteiger partial charge in [0.25, 0.3) is 5.91 Å². The van der Waals surface area contributed by atoms with E-state index < -0.39 is 11.9 Å². The largest absolute Gasteiger partial charge is 0.484 e. The van der Waals surface area contributed by atoms with Crippen LogP contribution < -0.4 is 24.6 Å². The zero-order valence-corrected chi connectivity index (χ0v) is 19.4. The second-order valence-electron chi connectivity index (χ2n) is 8.12. The minimum absolute atomic E-state index is 0.0553. The van der Waals surface area contributed by atoms with E-state index in [1.807, 2.05) is 44.2 Å². The molecule has 0 saturated heterocycles. The molecular formula is C28H23NO6. The predicted octanol–water partition coefficient (Wildman–Crippen LogP) is 2.17. The van der Waals surface area contributed by atoms with E-state index in [9.17, 15) is 14.4 Å². The number of hydrogen-bond acceptors (Lipinski definition) is 6. The summed E-state index contributed by atoms with van der Waals surface area (Å²) in [7, 11) is 0. The molecule has 3 aromatic carbocycles. The van der Waals surface area contributed by atoms with Crippen molar-refractivity contribution in [2.45, 2.75) is 13.8 Å². The van der Waals surface area contributed by atoms with Crippen molar-refractivity contribution in [3.8, 4) is 17.2 Å². The van der Waals surface area contributed by atoms with Gasteiger partial charge in [0.2, 0.25) is 0 Å². The van der Waals surface area contributed by atoms with Gasteiger partial charge in [-0.3, -0.25) is 4.79 Å². The zero-order valence-electron chi connectivity index (χ0n) is 19.4. The molecule has 2 aliphatic heterocycles. The topological polar surface area (TPSA) is 82.1 Å². The van der Waals surface area contributed by atoms with Crippen molar-refractivity contribution in [3.63, 3.8) is 0 Å². The van der Waals surface area contributed by atoms with Gasteiger partial charge in [-0.2, -0.15) is 0 Å². The molecule has 2 heterocycles. The van der Waals surface area contributed by atoms with Crippen LogP contribution in [0.25, 0.3) is 11.1 Å². The summed E-state index contributed by atoms with van der Waals surface area (Å²) in [4.78, 5) is 39.2. The number of rotatable bonds is 7. The van der Waals surface area contributed by atoms with Gasteiger partial charge >= 0.3 is 11.9 Å². The highest BCUT2D eigenvalue weighted by Gasteiger charge is 2.30. The molecule has 0 spiro atoms. The van der Waals surface area contributed by atoms with Crippen molar-refractivity contribution >= 4 is 29.0 Å². The number of esters is 2. The number of carbonyl (C=O) groups is 3. The Morgan fingerprint density at radius 2 is 1.29 bits per heavy atom. The highest BCUT2D eigenvalue weighted by atomic mass is 16.5. The zero-order chi connectivity index (χ0) is 24.5. The Labute approximate surface area is 201 Å². The van der Waals surface area contributed by atoms with Crippen molar-refractivity contribution in [1.82, 2.24) is 4.90 Å². The lowest BCUT2D eigenvalue weighted by Crippen LogP contribution is -2.34. The molecule has 1 amide bonds. The molecule has 0 unspecified atom stereocenters. The fraction of sp³-hybridized carbons (Fsp3) is 0.179. The van der Waals surface area contributed by atoms with Crippen molar-refractivity contribution in [2.75, 3.05) is 19.7 Å². The van der Waals surface area contributed by atoms with E-state index in [0.717, 1.165) is 5.56 Å². The summed E-state index contributed by atoms with van der Waals surface area (Å²) in [5.74, 6) is 0.271. The molecule has 0 atom stereocenters. The van der Waals surface area contributed by atoms with Gasteiger partial charge in [0.1, 0.15) is 17.2 Å². The SMILES string of the molecule is CCN(CC)C(=O)COc1ccc(C2=c3cc4c(cc3OC2=O)=C(c2ccccc2)C(=O)O4)cc1. The third-order valence-electron chi connectivity index (χ3n) is 6.12. The van der Waals surface area contributed by atoms with Crippen LogP contribution in [0.5, 0.6) is 17.2 Å². The van der Waals surface area contributed by atoms with Crippen LogP contribution in [0.15, 0.2) is 66.7 Å². The second kappa shape index (κ2) is 9.10. The molecule has 176 valence electrons. The van der Waals surface area contributed by atoms with Crippen LogP contribution in [-0.2, 0) is 14.4 Å². The maximum atomic E-state index is 12.8. The van der Waals surface area contributed by atoms with Gasteiger partial charge in [-0.25, -0.2) is 9.59 Å².